The van der Waals surface area contributed by atoms with Gasteiger partial charge in [-0.3, -0.25) is 9.78 Å². The van der Waals surface area contributed by atoms with Crippen LogP contribution in [0.3, 0.4) is 0 Å². The number of thiazole rings is 1. The summed E-state index contributed by atoms with van der Waals surface area (Å²) in [7, 11) is 0. The lowest BCUT2D eigenvalue weighted by molar-refractivity contribution is 0.0954. The van der Waals surface area contributed by atoms with Gasteiger partial charge in [0.1, 0.15) is 10.6 Å². The molecule has 0 aromatic carbocycles. The molecule has 4 heterocycles. The summed E-state index contributed by atoms with van der Waals surface area (Å²) in [5.74, 6) is 0.613. The van der Waals surface area contributed by atoms with Crippen LogP contribution in [-0.2, 0) is 6.54 Å². The highest BCUT2D eigenvalue weighted by Crippen LogP contribution is 2.22. The van der Waals surface area contributed by atoms with Gasteiger partial charge in [-0.15, -0.1) is 0 Å². The van der Waals surface area contributed by atoms with Crippen molar-refractivity contribution in [3.8, 4) is 16.5 Å². The second-order valence-electron chi connectivity index (χ2n) is 5.74. The molecule has 1 amide bonds. The minimum Gasteiger partial charge on any atom is -0.464 e. The standard InChI is InChI=1S/C19H16N4O2S/c1-13-17(26-19(22-13)23-6-2-3-7-23)18(24)21-11-14-9-15(12-20-10-14)16-5-4-8-25-16/h2-10,12H,11H2,1H3,(H,21,24). The van der Waals surface area contributed by atoms with Crippen LogP contribution in [0.5, 0.6) is 0 Å². The molecule has 4 rings (SSSR count). The maximum Gasteiger partial charge on any atom is 0.263 e. The Bertz CT molecular complexity index is 1020. The molecule has 0 atom stereocenters. The average molecular weight is 364 g/mol. The van der Waals surface area contributed by atoms with Crippen LogP contribution in [0.2, 0.25) is 0 Å². The molecule has 0 aliphatic carbocycles. The molecular formula is C19H16N4O2S. The van der Waals surface area contributed by atoms with Gasteiger partial charge in [0, 0.05) is 36.9 Å². The van der Waals surface area contributed by atoms with Gasteiger partial charge in [0.25, 0.3) is 5.91 Å². The van der Waals surface area contributed by atoms with Gasteiger partial charge in [0.2, 0.25) is 0 Å². The fourth-order valence-electron chi connectivity index (χ4n) is 2.59. The molecule has 0 aliphatic rings. The van der Waals surface area contributed by atoms with Crippen LogP contribution >= 0.6 is 11.3 Å². The van der Waals surface area contributed by atoms with Crippen molar-refractivity contribution < 1.29 is 9.21 Å². The number of nitrogens with one attached hydrogen (secondary N) is 1. The van der Waals surface area contributed by atoms with Crippen LogP contribution in [-0.4, -0.2) is 20.4 Å². The van der Waals surface area contributed by atoms with Gasteiger partial charge in [-0.2, -0.15) is 0 Å². The summed E-state index contributed by atoms with van der Waals surface area (Å²) < 4.78 is 7.28. The van der Waals surface area contributed by atoms with Gasteiger partial charge in [-0.05, 0) is 42.8 Å². The van der Waals surface area contributed by atoms with Gasteiger partial charge < -0.3 is 14.3 Å². The number of pyridine rings is 1. The molecule has 0 saturated carbocycles. The van der Waals surface area contributed by atoms with Crippen molar-refractivity contribution >= 4 is 17.2 Å². The van der Waals surface area contributed by atoms with E-state index in [0.29, 0.717) is 11.4 Å². The first-order chi connectivity index (χ1) is 12.7. The Hall–Kier alpha value is -3.19. The zero-order chi connectivity index (χ0) is 17.9. The van der Waals surface area contributed by atoms with E-state index in [0.717, 1.165) is 27.7 Å². The van der Waals surface area contributed by atoms with Crippen molar-refractivity contribution in [1.82, 2.24) is 19.9 Å². The van der Waals surface area contributed by atoms with Crippen molar-refractivity contribution in [2.45, 2.75) is 13.5 Å². The highest BCUT2D eigenvalue weighted by molar-refractivity contribution is 7.16. The minimum absolute atomic E-state index is 0.137. The normalized spacial score (nSPS) is 10.8. The highest BCUT2D eigenvalue weighted by atomic mass is 32.1. The zero-order valence-corrected chi connectivity index (χ0v) is 14.9. The predicted octanol–water partition coefficient (Wildman–Crippen LogP) is 3.83. The summed E-state index contributed by atoms with van der Waals surface area (Å²) in [5.41, 5.74) is 2.50. The lowest BCUT2D eigenvalue weighted by Crippen LogP contribution is -2.22. The van der Waals surface area contributed by atoms with E-state index in [9.17, 15) is 4.79 Å². The van der Waals surface area contributed by atoms with Crippen molar-refractivity contribution in [2.24, 2.45) is 0 Å². The molecule has 0 unspecified atom stereocenters. The quantitative estimate of drug-likeness (QED) is 0.584. The topological polar surface area (TPSA) is 73.0 Å². The van der Waals surface area contributed by atoms with E-state index in [-0.39, 0.29) is 5.91 Å². The molecule has 6 nitrogen and oxygen atoms in total. The van der Waals surface area contributed by atoms with E-state index in [4.69, 9.17) is 4.42 Å². The number of nitrogens with zero attached hydrogens (tertiary/aromatic N) is 3. The number of rotatable bonds is 5. The number of aromatic nitrogens is 3. The minimum atomic E-state index is -0.137. The third-order valence-electron chi connectivity index (χ3n) is 3.87. The van der Waals surface area contributed by atoms with Gasteiger partial charge in [-0.25, -0.2) is 4.98 Å². The molecule has 0 fully saturated rings. The fourth-order valence-corrected chi connectivity index (χ4v) is 3.54. The Balaban J connectivity index is 1.47. The average Bonchev–Trinajstić information content (AvgIpc) is 3.40. The van der Waals surface area contributed by atoms with Gasteiger partial charge in [-0.1, -0.05) is 11.3 Å². The first-order valence-electron chi connectivity index (χ1n) is 8.07. The second-order valence-corrected chi connectivity index (χ2v) is 6.72. The van der Waals surface area contributed by atoms with Crippen LogP contribution in [0.25, 0.3) is 16.5 Å². The number of aryl methyl sites for hydroxylation is 1. The number of carbonyl (C=O) groups excluding carboxylic acids is 1. The second kappa shape index (κ2) is 6.97. The maximum atomic E-state index is 12.5. The number of hydrogen-bond donors (Lipinski definition) is 1. The molecule has 26 heavy (non-hydrogen) atoms. The zero-order valence-electron chi connectivity index (χ0n) is 14.0. The monoisotopic (exact) mass is 364 g/mol. The van der Waals surface area contributed by atoms with E-state index in [1.54, 1.807) is 18.7 Å². The molecule has 130 valence electrons. The summed E-state index contributed by atoms with van der Waals surface area (Å²) in [6.45, 7) is 2.23. The number of amides is 1. The summed E-state index contributed by atoms with van der Waals surface area (Å²) in [4.78, 5) is 21.9. The van der Waals surface area contributed by atoms with Gasteiger partial charge >= 0.3 is 0 Å². The Morgan fingerprint density at radius 2 is 2.12 bits per heavy atom. The van der Waals surface area contributed by atoms with E-state index < -0.39 is 0 Å². The summed E-state index contributed by atoms with van der Waals surface area (Å²) >= 11 is 1.37. The molecule has 0 spiro atoms. The highest BCUT2D eigenvalue weighted by Gasteiger charge is 2.16. The molecule has 0 radical (unpaired) electrons. The molecular weight excluding hydrogens is 348 g/mol. The third kappa shape index (κ3) is 3.29. The van der Waals surface area contributed by atoms with Gasteiger partial charge in [0.05, 0.1) is 12.0 Å². The van der Waals surface area contributed by atoms with Crippen molar-refractivity contribution in [3.05, 3.63) is 77.5 Å². The third-order valence-corrected chi connectivity index (χ3v) is 5.04. The van der Waals surface area contributed by atoms with Crippen molar-refractivity contribution in [2.75, 3.05) is 0 Å². The van der Waals surface area contributed by atoms with Gasteiger partial charge in [0.15, 0.2) is 5.13 Å². The largest absolute Gasteiger partial charge is 0.464 e. The Morgan fingerprint density at radius 1 is 1.27 bits per heavy atom. The first kappa shape index (κ1) is 16.3. The lowest BCUT2D eigenvalue weighted by Gasteiger charge is -2.05. The Kier molecular flexibility index (Phi) is 4.37. The molecule has 0 bridgehead atoms. The number of furan rings is 1. The molecule has 7 heteroatoms. The van der Waals surface area contributed by atoms with Crippen molar-refractivity contribution in [1.29, 1.82) is 0 Å². The molecule has 4 aromatic heterocycles. The van der Waals surface area contributed by atoms with Crippen LogP contribution in [0.4, 0.5) is 0 Å². The number of carbonyl (C=O) groups is 1. The fraction of sp³-hybridized carbons (Fsp3) is 0.105. The Labute approximate surface area is 154 Å². The molecule has 0 aliphatic heterocycles. The summed E-state index contributed by atoms with van der Waals surface area (Å²) in [5, 5.41) is 3.72. The molecule has 0 saturated heterocycles. The van der Waals surface area contributed by atoms with Crippen LogP contribution in [0.15, 0.2) is 65.8 Å². The Morgan fingerprint density at radius 3 is 2.88 bits per heavy atom. The molecule has 4 aromatic rings. The van der Waals surface area contributed by atoms with Crippen LogP contribution in [0.1, 0.15) is 20.9 Å². The predicted molar refractivity (Wildman–Crippen MR) is 99.3 cm³/mol. The lowest BCUT2D eigenvalue weighted by atomic mass is 10.1. The van der Waals surface area contributed by atoms with E-state index in [1.165, 1.54) is 11.3 Å². The summed E-state index contributed by atoms with van der Waals surface area (Å²) in [6, 6.07) is 9.52. The van der Waals surface area contributed by atoms with Crippen LogP contribution < -0.4 is 5.32 Å². The van der Waals surface area contributed by atoms with E-state index in [1.807, 2.05) is 54.2 Å². The maximum absolute atomic E-state index is 12.5. The van der Waals surface area contributed by atoms with E-state index >= 15 is 0 Å². The smallest absolute Gasteiger partial charge is 0.263 e. The SMILES string of the molecule is Cc1nc(-n2cccc2)sc1C(=O)NCc1cncc(-c2ccco2)c1. The summed E-state index contributed by atoms with van der Waals surface area (Å²) in [6.07, 6.45) is 8.91. The first-order valence-corrected chi connectivity index (χ1v) is 8.89. The van der Waals surface area contributed by atoms with Crippen molar-refractivity contribution in [3.63, 3.8) is 0 Å². The van der Waals surface area contributed by atoms with Crippen LogP contribution in [0, 0.1) is 6.92 Å². The number of hydrogen-bond acceptors (Lipinski definition) is 5. The molecule has 1 N–H and O–H groups in total. The van der Waals surface area contributed by atoms with E-state index in [2.05, 4.69) is 15.3 Å².